The summed E-state index contributed by atoms with van der Waals surface area (Å²) in [6, 6.07) is 9.68. The zero-order chi connectivity index (χ0) is 17.5. The Bertz CT molecular complexity index is 594. The molecule has 0 aliphatic carbocycles. The fourth-order valence-electron chi connectivity index (χ4n) is 4.16. The van der Waals surface area contributed by atoms with Crippen molar-refractivity contribution >= 4 is 17.5 Å². The van der Waals surface area contributed by atoms with Gasteiger partial charge in [-0.05, 0) is 52.0 Å². The second-order valence-corrected chi connectivity index (χ2v) is 9.83. The van der Waals surface area contributed by atoms with Crippen molar-refractivity contribution in [3.63, 3.8) is 0 Å². The van der Waals surface area contributed by atoms with Crippen molar-refractivity contribution in [1.82, 2.24) is 9.62 Å². The minimum absolute atomic E-state index is 0.0959. The third-order valence-electron chi connectivity index (χ3n) is 5.32. The van der Waals surface area contributed by atoms with E-state index in [4.69, 9.17) is 0 Å². The molecule has 5 nitrogen and oxygen atoms in total. The SMILES string of the molecule is CC(C)(C)[S@@+]([O-])N[C@@H](c1ccccc1)C12CCC(CC1)N2C(=O)O. The van der Waals surface area contributed by atoms with Crippen molar-refractivity contribution in [2.45, 2.75) is 68.8 Å². The molecular weight excluding hydrogens is 324 g/mol. The van der Waals surface area contributed by atoms with Gasteiger partial charge in [0.05, 0.1) is 5.54 Å². The Morgan fingerprint density at radius 2 is 1.92 bits per heavy atom. The Labute approximate surface area is 146 Å². The summed E-state index contributed by atoms with van der Waals surface area (Å²) in [5.41, 5.74) is 0.502. The number of rotatable bonds is 4. The summed E-state index contributed by atoms with van der Waals surface area (Å²) in [6.45, 7) is 5.78. The van der Waals surface area contributed by atoms with Crippen LogP contribution >= 0.6 is 0 Å². The molecule has 0 spiro atoms. The number of nitrogens with one attached hydrogen (secondary N) is 1. The average molecular weight is 350 g/mol. The van der Waals surface area contributed by atoms with Crippen LogP contribution in [0.4, 0.5) is 4.79 Å². The van der Waals surface area contributed by atoms with Crippen molar-refractivity contribution in [2.24, 2.45) is 0 Å². The van der Waals surface area contributed by atoms with Crippen molar-refractivity contribution in [3.05, 3.63) is 35.9 Å². The zero-order valence-corrected chi connectivity index (χ0v) is 15.3. The summed E-state index contributed by atoms with van der Waals surface area (Å²) in [6.07, 6.45) is 2.55. The topological polar surface area (TPSA) is 75.6 Å². The van der Waals surface area contributed by atoms with E-state index in [0.717, 1.165) is 31.2 Å². The van der Waals surface area contributed by atoms with Crippen LogP contribution in [0.15, 0.2) is 30.3 Å². The van der Waals surface area contributed by atoms with Crippen molar-refractivity contribution in [2.75, 3.05) is 0 Å². The fraction of sp³-hybridized carbons (Fsp3) is 0.611. The molecule has 0 unspecified atom stereocenters. The maximum atomic E-state index is 12.8. The van der Waals surface area contributed by atoms with E-state index < -0.39 is 27.7 Å². The lowest BCUT2D eigenvalue weighted by Gasteiger charge is -2.41. The molecule has 0 aromatic heterocycles. The van der Waals surface area contributed by atoms with Crippen molar-refractivity contribution < 1.29 is 14.5 Å². The predicted octanol–water partition coefficient (Wildman–Crippen LogP) is 3.45. The van der Waals surface area contributed by atoms with Gasteiger partial charge in [-0.2, -0.15) is 0 Å². The lowest BCUT2D eigenvalue weighted by Crippen LogP contribution is -2.55. The first-order valence-corrected chi connectivity index (χ1v) is 9.66. The summed E-state index contributed by atoms with van der Waals surface area (Å²) in [5.74, 6) is 0. The monoisotopic (exact) mass is 350 g/mol. The van der Waals surface area contributed by atoms with Crippen LogP contribution in [0.3, 0.4) is 0 Å². The number of carboxylic acid groups (broad SMARTS) is 1. The molecule has 2 N–H and O–H groups in total. The van der Waals surface area contributed by atoms with Gasteiger partial charge in [0.1, 0.15) is 10.8 Å². The van der Waals surface area contributed by atoms with Crippen LogP contribution in [0.25, 0.3) is 0 Å². The molecule has 1 amide bonds. The Kier molecular flexibility index (Phi) is 4.57. The van der Waals surface area contributed by atoms with Gasteiger partial charge < -0.3 is 9.66 Å². The van der Waals surface area contributed by atoms with E-state index in [-0.39, 0.29) is 12.1 Å². The van der Waals surface area contributed by atoms with Crippen molar-refractivity contribution in [1.29, 1.82) is 0 Å². The summed E-state index contributed by atoms with van der Waals surface area (Å²) in [4.78, 5) is 13.5. The number of carbonyl (C=O) groups is 1. The second kappa shape index (κ2) is 6.24. The van der Waals surface area contributed by atoms with Crippen LogP contribution in [-0.2, 0) is 11.4 Å². The second-order valence-electron chi connectivity index (χ2n) is 7.83. The van der Waals surface area contributed by atoms with Crippen LogP contribution in [0, 0.1) is 0 Å². The van der Waals surface area contributed by atoms with Crippen LogP contribution in [-0.4, -0.2) is 37.0 Å². The van der Waals surface area contributed by atoms with Gasteiger partial charge in [-0.3, -0.25) is 4.90 Å². The van der Waals surface area contributed by atoms with E-state index in [1.807, 2.05) is 51.1 Å². The highest BCUT2D eigenvalue weighted by Gasteiger charge is 2.59. The van der Waals surface area contributed by atoms with E-state index in [1.54, 1.807) is 4.90 Å². The van der Waals surface area contributed by atoms with Gasteiger partial charge >= 0.3 is 6.09 Å². The highest BCUT2D eigenvalue weighted by atomic mass is 32.2. The first kappa shape index (κ1) is 17.6. The fourth-order valence-corrected chi connectivity index (χ4v) is 5.08. The van der Waals surface area contributed by atoms with E-state index in [1.165, 1.54) is 0 Å². The summed E-state index contributed by atoms with van der Waals surface area (Å²) < 4.78 is 15.7. The molecule has 24 heavy (non-hydrogen) atoms. The minimum Gasteiger partial charge on any atom is -0.598 e. The molecule has 2 saturated heterocycles. The number of hydrogen-bond acceptors (Lipinski definition) is 3. The minimum atomic E-state index is -1.27. The van der Waals surface area contributed by atoms with Crippen LogP contribution in [0.5, 0.6) is 0 Å². The normalized spacial score (nSPS) is 28.8. The number of amides is 1. The first-order valence-electron chi connectivity index (χ1n) is 8.51. The van der Waals surface area contributed by atoms with Gasteiger partial charge in [-0.1, -0.05) is 30.3 Å². The van der Waals surface area contributed by atoms with E-state index >= 15 is 0 Å². The zero-order valence-electron chi connectivity index (χ0n) is 14.5. The molecule has 132 valence electrons. The Balaban J connectivity index is 2.00. The molecule has 2 atom stereocenters. The molecule has 2 bridgehead atoms. The van der Waals surface area contributed by atoms with Gasteiger partial charge in [0, 0.05) is 17.4 Å². The summed E-state index contributed by atoms with van der Waals surface area (Å²) >= 11 is -1.27. The number of fused-ring (bicyclic) bond motifs is 2. The molecule has 2 aliphatic rings. The number of benzene rings is 1. The van der Waals surface area contributed by atoms with E-state index in [9.17, 15) is 14.5 Å². The van der Waals surface area contributed by atoms with E-state index in [2.05, 4.69) is 4.72 Å². The lowest BCUT2D eigenvalue weighted by atomic mass is 9.79. The lowest BCUT2D eigenvalue weighted by molar-refractivity contribution is 0.0919. The van der Waals surface area contributed by atoms with Gasteiger partial charge in [0.2, 0.25) is 0 Å². The van der Waals surface area contributed by atoms with Gasteiger partial charge in [0.15, 0.2) is 0 Å². The Morgan fingerprint density at radius 3 is 2.42 bits per heavy atom. The van der Waals surface area contributed by atoms with Crippen LogP contribution in [0.2, 0.25) is 0 Å². The molecule has 2 fully saturated rings. The predicted molar refractivity (Wildman–Crippen MR) is 95.1 cm³/mol. The van der Waals surface area contributed by atoms with Crippen LogP contribution in [0.1, 0.15) is 58.1 Å². The highest BCUT2D eigenvalue weighted by molar-refractivity contribution is 7.90. The van der Waals surface area contributed by atoms with Crippen LogP contribution < -0.4 is 4.72 Å². The van der Waals surface area contributed by atoms with Crippen molar-refractivity contribution in [3.8, 4) is 0 Å². The molecule has 2 heterocycles. The van der Waals surface area contributed by atoms with Gasteiger partial charge in [-0.25, -0.2) is 4.79 Å². The maximum absolute atomic E-state index is 12.8. The van der Waals surface area contributed by atoms with Gasteiger partial charge in [-0.15, -0.1) is 4.72 Å². The highest BCUT2D eigenvalue weighted by Crippen LogP contribution is 2.53. The van der Waals surface area contributed by atoms with E-state index in [0.29, 0.717) is 0 Å². The summed E-state index contributed by atoms with van der Waals surface area (Å²) in [5, 5.41) is 9.77. The van der Waals surface area contributed by atoms with Gasteiger partial charge in [0.25, 0.3) is 0 Å². The quantitative estimate of drug-likeness (QED) is 0.816. The number of nitrogens with zero attached hydrogens (tertiary/aromatic N) is 1. The third kappa shape index (κ3) is 2.91. The molecule has 0 saturated carbocycles. The average Bonchev–Trinajstić information content (AvgIpc) is 3.08. The first-order chi connectivity index (χ1) is 11.3. The molecule has 1 aromatic rings. The Hall–Kier alpha value is -1.24. The molecule has 2 aliphatic heterocycles. The third-order valence-corrected chi connectivity index (χ3v) is 6.89. The largest absolute Gasteiger partial charge is 0.598 e. The molecule has 0 radical (unpaired) electrons. The molecule has 6 heteroatoms. The summed E-state index contributed by atoms with van der Waals surface area (Å²) in [7, 11) is 0. The number of hydrogen-bond donors (Lipinski definition) is 2. The molecule has 3 rings (SSSR count). The maximum Gasteiger partial charge on any atom is 0.408 e. The Morgan fingerprint density at radius 1 is 1.33 bits per heavy atom. The smallest absolute Gasteiger partial charge is 0.408 e. The molecular formula is C18H26N2O3S. The molecule has 1 aromatic carbocycles. The standard InChI is InChI=1S/C18H26N2O3S/c1-17(2,3)24(23)19-15(13-7-5-4-6-8-13)18-11-9-14(10-12-18)20(18)16(21)22/h4-8,14-15,19H,9-12H2,1-3H3,(H,21,22)/t14?,15-,18?,24+/m0/s1.